The fourth-order valence-corrected chi connectivity index (χ4v) is 3.62. The van der Waals surface area contributed by atoms with E-state index in [0.29, 0.717) is 28.9 Å². The van der Waals surface area contributed by atoms with Crippen LogP contribution < -0.4 is 10.2 Å². The molecule has 0 spiro atoms. The summed E-state index contributed by atoms with van der Waals surface area (Å²) in [7, 11) is 0. The maximum atomic E-state index is 13.5. The first-order valence-corrected chi connectivity index (χ1v) is 10.9. The van der Waals surface area contributed by atoms with E-state index in [2.05, 4.69) is 0 Å². The van der Waals surface area contributed by atoms with Crippen LogP contribution in [-0.4, -0.2) is 12.6 Å². The van der Waals surface area contributed by atoms with Crippen LogP contribution in [0, 0.1) is 20.8 Å². The second kappa shape index (κ2) is 9.33. The predicted octanol–water partition coefficient (Wildman–Crippen LogP) is 6.14. The molecule has 5 heteroatoms. The summed E-state index contributed by atoms with van der Waals surface area (Å²) < 4.78 is 17.3. The van der Waals surface area contributed by atoms with Gasteiger partial charge in [-0.2, -0.15) is 0 Å². The molecule has 0 N–H and O–H groups in total. The molecule has 0 aliphatic heterocycles. The van der Waals surface area contributed by atoms with Crippen molar-refractivity contribution < 1.29 is 18.7 Å². The maximum Gasteiger partial charge on any atom is 0.338 e. The Morgan fingerprint density at radius 1 is 0.939 bits per heavy atom. The Morgan fingerprint density at radius 2 is 1.67 bits per heavy atom. The van der Waals surface area contributed by atoms with Gasteiger partial charge in [-0.25, -0.2) is 4.79 Å². The summed E-state index contributed by atoms with van der Waals surface area (Å²) in [4.78, 5) is 25.5. The van der Waals surface area contributed by atoms with Crippen LogP contribution in [-0.2, 0) is 11.3 Å². The molecule has 33 heavy (non-hydrogen) atoms. The number of ether oxygens (including phenoxy) is 2. The molecule has 0 amide bonds. The van der Waals surface area contributed by atoms with Gasteiger partial charge in [0.25, 0.3) is 0 Å². The summed E-state index contributed by atoms with van der Waals surface area (Å²) in [6.07, 6.45) is 0. The lowest BCUT2D eigenvalue weighted by atomic mass is 10.0. The minimum Gasteiger partial charge on any atom is -0.481 e. The number of rotatable bonds is 6. The third-order valence-corrected chi connectivity index (χ3v) is 5.60. The van der Waals surface area contributed by atoms with Crippen molar-refractivity contribution >= 4 is 16.9 Å². The molecule has 0 unspecified atom stereocenters. The molecular formula is C28H26O5. The molecule has 0 radical (unpaired) electrons. The Morgan fingerprint density at radius 3 is 2.39 bits per heavy atom. The van der Waals surface area contributed by atoms with Gasteiger partial charge in [-0.3, -0.25) is 4.79 Å². The van der Waals surface area contributed by atoms with Crippen LogP contribution in [0.3, 0.4) is 0 Å². The van der Waals surface area contributed by atoms with E-state index in [9.17, 15) is 9.59 Å². The third kappa shape index (κ3) is 4.67. The zero-order valence-corrected chi connectivity index (χ0v) is 19.2. The molecule has 0 bridgehead atoms. The van der Waals surface area contributed by atoms with E-state index in [-0.39, 0.29) is 17.8 Å². The molecule has 168 valence electrons. The Balaban J connectivity index is 1.78. The molecule has 1 aromatic heterocycles. The number of hydrogen-bond acceptors (Lipinski definition) is 5. The summed E-state index contributed by atoms with van der Waals surface area (Å²) in [5.74, 6) is 0.143. The lowest BCUT2D eigenvalue weighted by Crippen LogP contribution is -2.11. The summed E-state index contributed by atoms with van der Waals surface area (Å²) in [5.41, 5.74) is 5.39. The standard InChI is InChI=1S/C28H26O5/c1-5-31-28(30)22-8-6-7-20(15-22)16-32-27-25(29)23-13-18(3)19(4)14-24(23)33-26(27)21-11-9-17(2)10-12-21/h6-15H,5,16H2,1-4H3. The Hall–Kier alpha value is -3.86. The van der Waals surface area contributed by atoms with Crippen LogP contribution in [0.25, 0.3) is 22.3 Å². The number of hydrogen-bond donors (Lipinski definition) is 0. The van der Waals surface area contributed by atoms with Gasteiger partial charge in [0.15, 0.2) is 5.76 Å². The fraction of sp³-hybridized carbons (Fsp3) is 0.214. The predicted molar refractivity (Wildman–Crippen MR) is 129 cm³/mol. The summed E-state index contributed by atoms with van der Waals surface area (Å²) in [5, 5.41) is 0.476. The van der Waals surface area contributed by atoms with Gasteiger partial charge in [0.1, 0.15) is 12.2 Å². The van der Waals surface area contributed by atoms with Crippen molar-refractivity contribution in [3.8, 4) is 17.1 Å². The van der Waals surface area contributed by atoms with Crippen molar-refractivity contribution in [3.05, 3.63) is 98.7 Å². The SMILES string of the molecule is CCOC(=O)c1cccc(COc2c(-c3ccc(C)cc3)oc3cc(C)c(C)cc3c2=O)c1. The van der Waals surface area contributed by atoms with E-state index in [1.165, 1.54) is 0 Å². The first kappa shape index (κ1) is 22.3. The molecule has 4 rings (SSSR count). The first-order valence-electron chi connectivity index (χ1n) is 10.9. The second-order valence-electron chi connectivity index (χ2n) is 8.10. The van der Waals surface area contributed by atoms with E-state index in [4.69, 9.17) is 13.9 Å². The minimum atomic E-state index is -0.393. The Labute approximate surface area is 192 Å². The Bertz CT molecular complexity index is 1380. The van der Waals surface area contributed by atoms with E-state index in [1.807, 2.05) is 63.2 Å². The lowest BCUT2D eigenvalue weighted by molar-refractivity contribution is 0.0526. The third-order valence-electron chi connectivity index (χ3n) is 5.60. The zero-order valence-electron chi connectivity index (χ0n) is 19.2. The van der Waals surface area contributed by atoms with Crippen molar-refractivity contribution in [3.63, 3.8) is 0 Å². The highest BCUT2D eigenvalue weighted by molar-refractivity contribution is 5.89. The van der Waals surface area contributed by atoms with Crippen LogP contribution >= 0.6 is 0 Å². The maximum absolute atomic E-state index is 13.5. The van der Waals surface area contributed by atoms with Gasteiger partial charge < -0.3 is 13.9 Å². The number of esters is 1. The normalized spacial score (nSPS) is 10.9. The smallest absolute Gasteiger partial charge is 0.338 e. The van der Waals surface area contributed by atoms with Crippen molar-refractivity contribution in [1.82, 2.24) is 0 Å². The molecule has 5 nitrogen and oxygen atoms in total. The van der Waals surface area contributed by atoms with Gasteiger partial charge in [0.2, 0.25) is 11.2 Å². The van der Waals surface area contributed by atoms with Crippen LogP contribution in [0.4, 0.5) is 0 Å². The molecule has 0 aliphatic carbocycles. The van der Waals surface area contributed by atoms with Crippen molar-refractivity contribution in [2.24, 2.45) is 0 Å². The van der Waals surface area contributed by atoms with E-state index < -0.39 is 5.97 Å². The zero-order chi connectivity index (χ0) is 23.5. The first-order chi connectivity index (χ1) is 15.9. The summed E-state index contributed by atoms with van der Waals surface area (Å²) >= 11 is 0. The number of fused-ring (bicyclic) bond motifs is 1. The molecule has 3 aromatic carbocycles. The van der Waals surface area contributed by atoms with Crippen molar-refractivity contribution in [2.75, 3.05) is 6.61 Å². The molecule has 1 heterocycles. The average molecular weight is 443 g/mol. The summed E-state index contributed by atoms with van der Waals surface area (Å²) in [6.45, 7) is 8.12. The van der Waals surface area contributed by atoms with Gasteiger partial charge in [-0.15, -0.1) is 0 Å². The van der Waals surface area contributed by atoms with E-state index >= 15 is 0 Å². The molecule has 0 aliphatic rings. The van der Waals surface area contributed by atoms with Crippen LogP contribution in [0.5, 0.6) is 5.75 Å². The topological polar surface area (TPSA) is 65.7 Å². The minimum absolute atomic E-state index is 0.104. The van der Waals surface area contributed by atoms with E-state index in [0.717, 1.165) is 27.8 Å². The van der Waals surface area contributed by atoms with E-state index in [1.54, 1.807) is 25.1 Å². The fourth-order valence-electron chi connectivity index (χ4n) is 3.62. The molecule has 0 saturated carbocycles. The molecule has 4 aromatic rings. The molecular weight excluding hydrogens is 416 g/mol. The largest absolute Gasteiger partial charge is 0.481 e. The highest BCUT2D eigenvalue weighted by atomic mass is 16.5. The van der Waals surface area contributed by atoms with Gasteiger partial charge in [0.05, 0.1) is 17.6 Å². The number of carbonyl (C=O) groups excluding carboxylic acids is 1. The number of aryl methyl sites for hydroxylation is 3. The van der Waals surface area contributed by atoms with Gasteiger partial charge in [-0.1, -0.05) is 42.0 Å². The van der Waals surface area contributed by atoms with Crippen LogP contribution in [0.1, 0.15) is 39.5 Å². The molecule has 0 atom stereocenters. The van der Waals surface area contributed by atoms with Gasteiger partial charge in [-0.05, 0) is 68.7 Å². The number of carbonyl (C=O) groups is 1. The summed E-state index contributed by atoms with van der Waals surface area (Å²) in [6, 6.07) is 18.5. The highest BCUT2D eigenvalue weighted by Crippen LogP contribution is 2.32. The van der Waals surface area contributed by atoms with Gasteiger partial charge in [0, 0.05) is 5.56 Å². The monoisotopic (exact) mass is 442 g/mol. The Kier molecular flexibility index (Phi) is 6.31. The molecule has 0 saturated heterocycles. The van der Waals surface area contributed by atoms with Gasteiger partial charge >= 0.3 is 5.97 Å². The van der Waals surface area contributed by atoms with Crippen LogP contribution in [0.15, 0.2) is 69.9 Å². The highest BCUT2D eigenvalue weighted by Gasteiger charge is 2.19. The van der Waals surface area contributed by atoms with Crippen LogP contribution in [0.2, 0.25) is 0 Å². The lowest BCUT2D eigenvalue weighted by Gasteiger charge is -2.13. The van der Waals surface area contributed by atoms with Crippen molar-refractivity contribution in [2.45, 2.75) is 34.3 Å². The molecule has 0 fully saturated rings. The second-order valence-corrected chi connectivity index (χ2v) is 8.10. The quantitative estimate of drug-likeness (QED) is 0.336. The average Bonchev–Trinajstić information content (AvgIpc) is 2.80. The number of benzene rings is 3. The van der Waals surface area contributed by atoms with Crippen molar-refractivity contribution in [1.29, 1.82) is 0 Å².